The Balaban J connectivity index is 2.73. The van der Waals surface area contributed by atoms with Crippen molar-refractivity contribution in [2.24, 2.45) is 5.90 Å². The van der Waals surface area contributed by atoms with Gasteiger partial charge >= 0.3 is 0 Å². The number of benzene rings is 1. The normalized spacial score (nSPS) is 12.5. The highest BCUT2D eigenvalue weighted by molar-refractivity contribution is 5.29. The maximum absolute atomic E-state index is 9.07. The monoisotopic (exact) mass is 197 g/mol. The Kier molecular flexibility index (Phi) is 4.39. The number of hydrogen-bond acceptors (Lipinski definition) is 4. The van der Waals surface area contributed by atoms with Crippen LogP contribution in [0, 0.1) is 0 Å². The fourth-order valence-electron chi connectivity index (χ4n) is 1.25. The number of ether oxygens (including phenoxy) is 1. The molecule has 0 bridgehead atoms. The van der Waals surface area contributed by atoms with Crippen molar-refractivity contribution in [3.63, 3.8) is 0 Å². The Morgan fingerprint density at radius 3 is 2.43 bits per heavy atom. The highest BCUT2D eigenvalue weighted by atomic mass is 16.6. The number of aliphatic hydroxyl groups is 1. The zero-order valence-electron chi connectivity index (χ0n) is 8.14. The van der Waals surface area contributed by atoms with E-state index < -0.39 is 0 Å². The molecule has 0 aliphatic heterocycles. The standard InChI is InChI=1S/C10H15NO3/c1-13-10-4-2-8(3-5-10)9(6-12)7-14-11/h2-5,9,12H,6-7,11H2,1H3. The van der Waals surface area contributed by atoms with Gasteiger partial charge in [-0.15, -0.1) is 0 Å². The van der Waals surface area contributed by atoms with E-state index in [-0.39, 0.29) is 12.5 Å². The molecule has 3 N–H and O–H groups in total. The van der Waals surface area contributed by atoms with Crippen molar-refractivity contribution in [2.45, 2.75) is 5.92 Å². The molecule has 0 aromatic heterocycles. The summed E-state index contributed by atoms with van der Waals surface area (Å²) in [6, 6.07) is 7.46. The zero-order chi connectivity index (χ0) is 10.4. The highest BCUT2D eigenvalue weighted by Crippen LogP contribution is 2.18. The Morgan fingerprint density at radius 2 is 2.00 bits per heavy atom. The first-order valence-electron chi connectivity index (χ1n) is 4.38. The van der Waals surface area contributed by atoms with E-state index >= 15 is 0 Å². The highest BCUT2D eigenvalue weighted by Gasteiger charge is 2.09. The second-order valence-electron chi connectivity index (χ2n) is 2.99. The van der Waals surface area contributed by atoms with Gasteiger partial charge in [-0.25, -0.2) is 5.90 Å². The second-order valence-corrected chi connectivity index (χ2v) is 2.99. The maximum Gasteiger partial charge on any atom is 0.118 e. The largest absolute Gasteiger partial charge is 0.497 e. The average molecular weight is 197 g/mol. The molecule has 1 aromatic carbocycles. The Morgan fingerprint density at radius 1 is 1.36 bits per heavy atom. The van der Waals surface area contributed by atoms with E-state index in [9.17, 15) is 0 Å². The fourth-order valence-corrected chi connectivity index (χ4v) is 1.25. The summed E-state index contributed by atoms with van der Waals surface area (Å²) in [6.07, 6.45) is 0. The zero-order valence-corrected chi connectivity index (χ0v) is 8.14. The lowest BCUT2D eigenvalue weighted by atomic mass is 10.0. The van der Waals surface area contributed by atoms with Crippen LogP contribution in [0.1, 0.15) is 11.5 Å². The summed E-state index contributed by atoms with van der Waals surface area (Å²) < 4.78 is 5.02. The Labute approximate surface area is 83.2 Å². The molecule has 4 nitrogen and oxygen atoms in total. The number of hydrogen-bond donors (Lipinski definition) is 2. The molecular weight excluding hydrogens is 182 g/mol. The van der Waals surface area contributed by atoms with Crippen LogP contribution >= 0.6 is 0 Å². The van der Waals surface area contributed by atoms with Gasteiger partial charge in [-0.2, -0.15) is 0 Å². The molecule has 78 valence electrons. The molecule has 0 aliphatic carbocycles. The smallest absolute Gasteiger partial charge is 0.118 e. The van der Waals surface area contributed by atoms with Gasteiger partial charge in [-0.1, -0.05) is 12.1 Å². The van der Waals surface area contributed by atoms with E-state index in [1.807, 2.05) is 24.3 Å². The molecule has 4 heteroatoms. The molecule has 0 saturated carbocycles. The topological polar surface area (TPSA) is 64.7 Å². The van der Waals surface area contributed by atoms with Crippen molar-refractivity contribution in [3.05, 3.63) is 29.8 Å². The van der Waals surface area contributed by atoms with Gasteiger partial charge in [0.05, 0.1) is 20.3 Å². The van der Waals surface area contributed by atoms with Crippen LogP contribution in [0.15, 0.2) is 24.3 Å². The molecule has 1 aromatic rings. The molecule has 0 aliphatic rings. The minimum Gasteiger partial charge on any atom is -0.497 e. The lowest BCUT2D eigenvalue weighted by molar-refractivity contribution is 0.101. The molecule has 1 atom stereocenters. The van der Waals surface area contributed by atoms with Crippen molar-refractivity contribution in [2.75, 3.05) is 20.3 Å². The van der Waals surface area contributed by atoms with E-state index in [0.29, 0.717) is 6.61 Å². The number of aliphatic hydroxyl groups excluding tert-OH is 1. The minimum atomic E-state index is -0.0779. The van der Waals surface area contributed by atoms with E-state index in [4.69, 9.17) is 15.7 Å². The molecular formula is C10H15NO3. The summed E-state index contributed by atoms with van der Waals surface area (Å²) in [6.45, 7) is 0.326. The van der Waals surface area contributed by atoms with Gasteiger partial charge in [-0.05, 0) is 17.7 Å². The van der Waals surface area contributed by atoms with E-state index in [2.05, 4.69) is 4.84 Å². The van der Waals surface area contributed by atoms with Crippen LogP contribution in [0.3, 0.4) is 0 Å². The van der Waals surface area contributed by atoms with Crippen molar-refractivity contribution >= 4 is 0 Å². The lowest BCUT2D eigenvalue weighted by Gasteiger charge is -2.13. The van der Waals surface area contributed by atoms with Crippen LogP contribution in [0.2, 0.25) is 0 Å². The summed E-state index contributed by atoms with van der Waals surface area (Å²) in [5.41, 5.74) is 0.985. The molecule has 0 heterocycles. The Bertz CT molecular complexity index is 261. The van der Waals surface area contributed by atoms with Gasteiger partial charge in [0.1, 0.15) is 5.75 Å². The van der Waals surface area contributed by atoms with Crippen molar-refractivity contribution in [3.8, 4) is 5.75 Å². The Hall–Kier alpha value is -1.10. The maximum atomic E-state index is 9.07. The molecule has 1 unspecified atom stereocenters. The van der Waals surface area contributed by atoms with Crippen molar-refractivity contribution in [1.82, 2.24) is 0 Å². The SMILES string of the molecule is COc1ccc(C(CO)CON)cc1. The molecule has 0 spiro atoms. The molecule has 1 rings (SSSR count). The van der Waals surface area contributed by atoms with Gasteiger partial charge in [0.2, 0.25) is 0 Å². The van der Waals surface area contributed by atoms with E-state index in [1.165, 1.54) is 0 Å². The third-order valence-electron chi connectivity index (χ3n) is 2.11. The number of nitrogens with two attached hydrogens (primary N) is 1. The third-order valence-corrected chi connectivity index (χ3v) is 2.11. The first-order chi connectivity index (χ1) is 6.81. The molecule has 0 radical (unpaired) electrons. The van der Waals surface area contributed by atoms with E-state index in [1.54, 1.807) is 7.11 Å². The molecule has 0 fully saturated rings. The van der Waals surface area contributed by atoms with Crippen molar-refractivity contribution < 1.29 is 14.7 Å². The summed E-state index contributed by atoms with van der Waals surface area (Å²) in [7, 11) is 1.61. The van der Waals surface area contributed by atoms with Crippen LogP contribution < -0.4 is 10.6 Å². The van der Waals surface area contributed by atoms with E-state index in [0.717, 1.165) is 11.3 Å². The number of methoxy groups -OCH3 is 1. The average Bonchev–Trinajstić information content (AvgIpc) is 2.26. The van der Waals surface area contributed by atoms with Gasteiger partial charge in [0, 0.05) is 5.92 Å². The van der Waals surface area contributed by atoms with Gasteiger partial charge in [0.25, 0.3) is 0 Å². The first kappa shape index (κ1) is 11.0. The van der Waals surface area contributed by atoms with Crippen LogP contribution in [0.25, 0.3) is 0 Å². The molecule has 14 heavy (non-hydrogen) atoms. The van der Waals surface area contributed by atoms with Gasteiger partial charge in [-0.3, -0.25) is 0 Å². The van der Waals surface area contributed by atoms with Crippen LogP contribution in [-0.2, 0) is 4.84 Å². The quantitative estimate of drug-likeness (QED) is 0.681. The number of rotatable bonds is 5. The van der Waals surface area contributed by atoms with Crippen LogP contribution in [-0.4, -0.2) is 25.4 Å². The lowest BCUT2D eigenvalue weighted by Crippen LogP contribution is -2.14. The van der Waals surface area contributed by atoms with Crippen molar-refractivity contribution in [1.29, 1.82) is 0 Å². The predicted molar refractivity (Wildman–Crippen MR) is 53.0 cm³/mol. The first-order valence-corrected chi connectivity index (χ1v) is 4.38. The van der Waals surface area contributed by atoms with Gasteiger partial charge in [0.15, 0.2) is 0 Å². The molecule has 0 saturated heterocycles. The summed E-state index contributed by atoms with van der Waals surface area (Å²) in [4.78, 5) is 4.51. The third kappa shape index (κ3) is 2.70. The molecule has 0 amide bonds. The summed E-state index contributed by atoms with van der Waals surface area (Å²) >= 11 is 0. The minimum absolute atomic E-state index is 0.0174. The summed E-state index contributed by atoms with van der Waals surface area (Å²) in [5.74, 6) is 5.68. The van der Waals surface area contributed by atoms with Crippen LogP contribution in [0.5, 0.6) is 5.75 Å². The summed E-state index contributed by atoms with van der Waals surface area (Å²) in [5, 5.41) is 9.07. The van der Waals surface area contributed by atoms with Gasteiger partial charge < -0.3 is 14.7 Å². The second kappa shape index (κ2) is 5.59. The fraction of sp³-hybridized carbons (Fsp3) is 0.400. The van der Waals surface area contributed by atoms with Crippen LogP contribution in [0.4, 0.5) is 0 Å². The predicted octanol–water partition coefficient (Wildman–Crippen LogP) is 0.661.